The maximum atomic E-state index is 11.9. The quantitative estimate of drug-likeness (QED) is 0.722. The van der Waals surface area contributed by atoms with E-state index in [0.29, 0.717) is 5.69 Å². The van der Waals surface area contributed by atoms with Crippen molar-refractivity contribution in [3.63, 3.8) is 0 Å². The van der Waals surface area contributed by atoms with Gasteiger partial charge in [-0.2, -0.15) is 0 Å². The summed E-state index contributed by atoms with van der Waals surface area (Å²) in [6.45, 7) is 0.0373. The molecule has 1 aromatic carbocycles. The topological polar surface area (TPSA) is 89.9 Å². The maximum Gasteiger partial charge on any atom is 0.326 e. The van der Waals surface area contributed by atoms with E-state index in [4.69, 9.17) is 5.11 Å². The van der Waals surface area contributed by atoms with Gasteiger partial charge >= 0.3 is 12.0 Å². The summed E-state index contributed by atoms with van der Waals surface area (Å²) in [5.74, 6) is -1.10. The van der Waals surface area contributed by atoms with Crippen molar-refractivity contribution in [1.29, 1.82) is 0 Å². The Morgan fingerprint density at radius 2 is 1.94 bits per heavy atom. The Bertz CT molecular complexity index is 449. The average Bonchev–Trinajstić information content (AvgIpc) is 2.73. The van der Waals surface area contributed by atoms with E-state index in [1.54, 1.807) is 24.3 Å². The number of aliphatic hydroxyl groups excluding tert-OH is 1. The lowest BCUT2D eigenvalue weighted by Gasteiger charge is -2.21. The van der Waals surface area contributed by atoms with Gasteiger partial charge in [-0.3, -0.25) is 0 Å². The van der Waals surface area contributed by atoms with Crippen molar-refractivity contribution in [2.24, 2.45) is 0 Å². The van der Waals surface area contributed by atoms with E-state index in [1.807, 2.05) is 6.07 Å². The van der Waals surface area contributed by atoms with E-state index >= 15 is 0 Å². The largest absolute Gasteiger partial charge is 0.480 e. The number of carboxylic acid groups (broad SMARTS) is 1. The second-order valence-corrected chi connectivity index (χ2v) is 4.19. The number of amides is 2. The number of urea groups is 1. The molecule has 96 valence electrons. The van der Waals surface area contributed by atoms with Gasteiger partial charge in [0.25, 0.3) is 0 Å². The molecule has 2 amide bonds. The van der Waals surface area contributed by atoms with Gasteiger partial charge in [0.15, 0.2) is 0 Å². The molecule has 3 N–H and O–H groups in total. The van der Waals surface area contributed by atoms with Crippen LogP contribution in [0.15, 0.2) is 30.3 Å². The number of para-hydroxylation sites is 1. The second kappa shape index (κ2) is 5.05. The molecule has 1 aromatic rings. The molecule has 6 heteroatoms. The first-order valence-corrected chi connectivity index (χ1v) is 5.61. The molecule has 0 aliphatic carbocycles. The number of benzene rings is 1. The fourth-order valence-electron chi connectivity index (χ4n) is 1.99. The van der Waals surface area contributed by atoms with Crippen LogP contribution in [0.4, 0.5) is 10.5 Å². The summed E-state index contributed by atoms with van der Waals surface area (Å²) >= 11 is 0. The van der Waals surface area contributed by atoms with Crippen molar-refractivity contribution in [2.45, 2.75) is 18.6 Å². The summed E-state index contributed by atoms with van der Waals surface area (Å²) in [5, 5.41) is 21.0. The van der Waals surface area contributed by atoms with Crippen molar-refractivity contribution in [1.82, 2.24) is 4.90 Å². The highest BCUT2D eigenvalue weighted by Crippen LogP contribution is 2.19. The predicted molar refractivity (Wildman–Crippen MR) is 64.2 cm³/mol. The number of carboxylic acids is 1. The fraction of sp³-hybridized carbons (Fsp3) is 0.333. The summed E-state index contributed by atoms with van der Waals surface area (Å²) in [6, 6.07) is 7.29. The zero-order valence-corrected chi connectivity index (χ0v) is 9.61. The summed E-state index contributed by atoms with van der Waals surface area (Å²) in [7, 11) is 0. The zero-order chi connectivity index (χ0) is 13.1. The molecular formula is C12H14N2O4. The number of carbonyl (C=O) groups excluding carboxylic acids is 1. The van der Waals surface area contributed by atoms with Gasteiger partial charge in [0.2, 0.25) is 0 Å². The van der Waals surface area contributed by atoms with Gasteiger partial charge in [0.1, 0.15) is 6.04 Å². The highest BCUT2D eigenvalue weighted by Gasteiger charge is 2.38. The molecule has 0 spiro atoms. The third-order valence-corrected chi connectivity index (χ3v) is 2.85. The Hall–Kier alpha value is -2.08. The number of hydrogen-bond donors (Lipinski definition) is 3. The Morgan fingerprint density at radius 3 is 2.56 bits per heavy atom. The highest BCUT2D eigenvalue weighted by molar-refractivity contribution is 5.92. The van der Waals surface area contributed by atoms with Gasteiger partial charge in [-0.05, 0) is 12.1 Å². The minimum atomic E-state index is -1.10. The van der Waals surface area contributed by atoms with Crippen LogP contribution in [0.5, 0.6) is 0 Å². The number of β-amino-alcohol motifs (C(OH)–C–C–N with tert-alkyl or cyclic N) is 1. The number of rotatable bonds is 2. The molecule has 0 bridgehead atoms. The number of aliphatic hydroxyl groups is 1. The first-order chi connectivity index (χ1) is 8.58. The molecule has 0 unspecified atom stereocenters. The average molecular weight is 250 g/mol. The Labute approximate surface area is 104 Å². The SMILES string of the molecule is O=C(O)[C@H]1C[C@@H](O)CN1C(=O)Nc1ccccc1. The number of hydrogen-bond acceptors (Lipinski definition) is 3. The molecule has 6 nitrogen and oxygen atoms in total. The van der Waals surface area contributed by atoms with Crippen LogP contribution >= 0.6 is 0 Å². The number of carbonyl (C=O) groups is 2. The minimum absolute atomic E-state index is 0.0373. The number of nitrogens with zero attached hydrogens (tertiary/aromatic N) is 1. The first kappa shape index (κ1) is 12.4. The van der Waals surface area contributed by atoms with Gasteiger partial charge < -0.3 is 20.4 Å². The standard InChI is InChI=1S/C12H14N2O4/c15-9-6-10(11(16)17)14(7-9)12(18)13-8-4-2-1-3-5-8/h1-5,9-10,15H,6-7H2,(H,13,18)(H,16,17)/t9-,10-/m1/s1. The van der Waals surface area contributed by atoms with Crippen molar-refractivity contribution < 1.29 is 19.8 Å². The van der Waals surface area contributed by atoms with Crippen LogP contribution in [-0.2, 0) is 4.79 Å². The number of anilines is 1. The van der Waals surface area contributed by atoms with Crippen LogP contribution in [0.1, 0.15) is 6.42 Å². The van der Waals surface area contributed by atoms with Crippen LogP contribution in [0.25, 0.3) is 0 Å². The molecular weight excluding hydrogens is 236 g/mol. The molecule has 0 saturated carbocycles. The molecule has 2 atom stereocenters. The van der Waals surface area contributed by atoms with E-state index < -0.39 is 24.1 Å². The lowest BCUT2D eigenvalue weighted by molar-refractivity contribution is -0.141. The zero-order valence-electron chi connectivity index (χ0n) is 9.61. The second-order valence-electron chi connectivity index (χ2n) is 4.19. The van der Waals surface area contributed by atoms with Crippen molar-refractivity contribution in [2.75, 3.05) is 11.9 Å². The molecule has 1 saturated heterocycles. The summed E-state index contributed by atoms with van der Waals surface area (Å²) in [4.78, 5) is 24.0. The predicted octanol–water partition coefficient (Wildman–Crippen LogP) is 0.738. The highest BCUT2D eigenvalue weighted by atomic mass is 16.4. The molecule has 18 heavy (non-hydrogen) atoms. The smallest absolute Gasteiger partial charge is 0.326 e. The normalized spacial score (nSPS) is 22.8. The maximum absolute atomic E-state index is 11.9. The van der Waals surface area contributed by atoms with Gasteiger partial charge in [-0.1, -0.05) is 18.2 Å². The number of aliphatic carboxylic acids is 1. The lowest BCUT2D eigenvalue weighted by atomic mass is 10.2. The van der Waals surface area contributed by atoms with Crippen LogP contribution < -0.4 is 5.32 Å². The molecule has 0 radical (unpaired) electrons. The van der Waals surface area contributed by atoms with E-state index in [-0.39, 0.29) is 13.0 Å². The van der Waals surface area contributed by atoms with E-state index in [9.17, 15) is 14.7 Å². The van der Waals surface area contributed by atoms with Crippen molar-refractivity contribution >= 4 is 17.7 Å². The molecule has 1 aliphatic heterocycles. The van der Waals surface area contributed by atoms with Crippen molar-refractivity contribution in [3.8, 4) is 0 Å². The first-order valence-electron chi connectivity index (χ1n) is 5.61. The van der Waals surface area contributed by atoms with Gasteiger partial charge in [-0.25, -0.2) is 9.59 Å². The van der Waals surface area contributed by atoms with Crippen LogP contribution in [0.3, 0.4) is 0 Å². The van der Waals surface area contributed by atoms with E-state index in [2.05, 4.69) is 5.32 Å². The summed E-state index contributed by atoms with van der Waals surface area (Å²) in [5.41, 5.74) is 0.591. The number of nitrogens with one attached hydrogen (secondary N) is 1. The number of likely N-dealkylation sites (tertiary alicyclic amines) is 1. The van der Waals surface area contributed by atoms with Gasteiger partial charge in [0, 0.05) is 18.7 Å². The fourth-order valence-corrected chi connectivity index (χ4v) is 1.99. The van der Waals surface area contributed by atoms with E-state index in [1.165, 1.54) is 0 Å². The van der Waals surface area contributed by atoms with Crippen LogP contribution in [0, 0.1) is 0 Å². The van der Waals surface area contributed by atoms with Gasteiger partial charge in [0.05, 0.1) is 6.10 Å². The third-order valence-electron chi connectivity index (χ3n) is 2.85. The monoisotopic (exact) mass is 250 g/mol. The Morgan fingerprint density at radius 1 is 1.28 bits per heavy atom. The molecule has 2 rings (SSSR count). The van der Waals surface area contributed by atoms with Crippen molar-refractivity contribution in [3.05, 3.63) is 30.3 Å². The molecule has 0 aromatic heterocycles. The summed E-state index contributed by atoms with van der Waals surface area (Å²) in [6.07, 6.45) is -0.718. The van der Waals surface area contributed by atoms with Crippen LogP contribution in [-0.4, -0.2) is 45.8 Å². The van der Waals surface area contributed by atoms with Gasteiger partial charge in [-0.15, -0.1) is 0 Å². The Balaban J connectivity index is 2.06. The van der Waals surface area contributed by atoms with Crippen LogP contribution in [0.2, 0.25) is 0 Å². The summed E-state index contributed by atoms with van der Waals surface area (Å²) < 4.78 is 0. The lowest BCUT2D eigenvalue weighted by Crippen LogP contribution is -2.43. The minimum Gasteiger partial charge on any atom is -0.480 e. The third kappa shape index (κ3) is 2.60. The Kier molecular flexibility index (Phi) is 3.47. The molecule has 1 heterocycles. The van der Waals surface area contributed by atoms with E-state index in [0.717, 1.165) is 4.90 Å². The molecule has 1 fully saturated rings. The molecule has 1 aliphatic rings.